The largest absolute Gasteiger partial charge is 0.452 e. The van der Waals surface area contributed by atoms with Gasteiger partial charge in [-0.15, -0.1) is 0 Å². The van der Waals surface area contributed by atoms with Crippen molar-refractivity contribution in [3.63, 3.8) is 0 Å². The summed E-state index contributed by atoms with van der Waals surface area (Å²) in [5, 5.41) is 6.06. The van der Waals surface area contributed by atoms with Gasteiger partial charge in [0.2, 0.25) is 5.91 Å². The zero-order valence-electron chi connectivity index (χ0n) is 20.2. The van der Waals surface area contributed by atoms with E-state index in [4.69, 9.17) is 27.9 Å². The van der Waals surface area contributed by atoms with Crippen molar-refractivity contribution >= 4 is 52.4 Å². The van der Waals surface area contributed by atoms with E-state index < -0.39 is 18.5 Å². The van der Waals surface area contributed by atoms with E-state index in [9.17, 15) is 14.4 Å². The molecule has 0 aliphatic carbocycles. The van der Waals surface area contributed by atoms with Gasteiger partial charge in [0.05, 0.1) is 22.0 Å². The molecule has 2 N–H and O–H groups in total. The van der Waals surface area contributed by atoms with E-state index in [0.29, 0.717) is 27.8 Å². The Hall–Kier alpha value is -2.57. The van der Waals surface area contributed by atoms with Gasteiger partial charge in [-0.1, -0.05) is 93.6 Å². The van der Waals surface area contributed by atoms with Crippen LogP contribution in [-0.4, -0.2) is 24.4 Å². The molecule has 6 nitrogen and oxygen atoms in total. The quantitative estimate of drug-likeness (QED) is 0.186. The summed E-state index contributed by atoms with van der Waals surface area (Å²) in [6.07, 6.45) is 11.0. The minimum absolute atomic E-state index is 0.151. The number of halogens is 2. The number of hydrogen-bond acceptors (Lipinski definition) is 4. The van der Waals surface area contributed by atoms with Gasteiger partial charge >= 0.3 is 5.97 Å². The molecule has 0 bridgehead atoms. The number of para-hydroxylation sites is 1. The Balaban J connectivity index is 1.75. The Bertz CT molecular complexity index is 981. The number of amides is 2. The van der Waals surface area contributed by atoms with E-state index >= 15 is 0 Å². The molecule has 8 heteroatoms. The van der Waals surface area contributed by atoms with E-state index in [0.717, 1.165) is 19.3 Å². The molecule has 0 aromatic heterocycles. The van der Waals surface area contributed by atoms with Crippen LogP contribution >= 0.6 is 23.2 Å². The van der Waals surface area contributed by atoms with Crippen LogP contribution in [-0.2, 0) is 14.3 Å². The molecule has 2 rings (SSSR count). The monoisotopic (exact) mass is 520 g/mol. The van der Waals surface area contributed by atoms with E-state index in [1.807, 2.05) is 0 Å². The first-order valence-corrected chi connectivity index (χ1v) is 13.0. The molecule has 2 aromatic rings. The minimum Gasteiger partial charge on any atom is -0.452 e. The summed E-state index contributed by atoms with van der Waals surface area (Å²) >= 11 is 11.9. The molecular formula is C27H34Cl2N2O4. The summed E-state index contributed by atoms with van der Waals surface area (Å²) in [6, 6.07) is 11.2. The van der Waals surface area contributed by atoms with Gasteiger partial charge in [0, 0.05) is 11.4 Å². The highest BCUT2D eigenvalue weighted by Gasteiger charge is 2.16. The standard InChI is InChI=1S/C27H34Cl2N2O4/c1-2-3-4-5-6-7-8-9-10-15-25(32)30-23-14-12-11-13-21(23)27(34)35-19-26(33)31-24-18-20(28)16-17-22(24)29/h11-14,16-18H,2-10,15,19H2,1H3,(H,30,32)(H,31,33). The Morgan fingerprint density at radius 1 is 0.771 bits per heavy atom. The fraction of sp³-hybridized carbons (Fsp3) is 0.444. The number of carbonyl (C=O) groups excluding carboxylic acids is 3. The first-order valence-electron chi connectivity index (χ1n) is 12.2. The second-order valence-corrected chi connectivity index (χ2v) is 9.26. The minimum atomic E-state index is -0.712. The van der Waals surface area contributed by atoms with Gasteiger partial charge < -0.3 is 15.4 Å². The van der Waals surface area contributed by atoms with Gasteiger partial charge in [-0.25, -0.2) is 4.79 Å². The number of benzene rings is 2. The summed E-state index contributed by atoms with van der Waals surface area (Å²) in [7, 11) is 0. The number of ether oxygens (including phenoxy) is 1. The molecular weight excluding hydrogens is 487 g/mol. The molecule has 0 spiro atoms. The SMILES string of the molecule is CCCCCCCCCCCC(=O)Nc1ccccc1C(=O)OCC(=O)Nc1cc(Cl)ccc1Cl. The van der Waals surface area contributed by atoms with E-state index in [1.54, 1.807) is 36.4 Å². The van der Waals surface area contributed by atoms with E-state index in [1.165, 1.54) is 44.6 Å². The lowest BCUT2D eigenvalue weighted by Gasteiger charge is -2.12. The van der Waals surface area contributed by atoms with Crippen molar-refractivity contribution in [2.24, 2.45) is 0 Å². The van der Waals surface area contributed by atoms with Gasteiger partial charge in [0.1, 0.15) is 0 Å². The fourth-order valence-electron chi connectivity index (χ4n) is 3.57. The number of carbonyl (C=O) groups is 3. The molecule has 0 aliphatic heterocycles. The van der Waals surface area contributed by atoms with Crippen LogP contribution in [0.25, 0.3) is 0 Å². The Kier molecular flexibility index (Phi) is 13.2. The molecule has 0 saturated heterocycles. The highest BCUT2D eigenvalue weighted by Crippen LogP contribution is 2.25. The lowest BCUT2D eigenvalue weighted by Crippen LogP contribution is -2.22. The van der Waals surface area contributed by atoms with Crippen LogP contribution < -0.4 is 10.6 Å². The van der Waals surface area contributed by atoms with Crippen LogP contribution in [0.4, 0.5) is 11.4 Å². The first-order chi connectivity index (χ1) is 16.9. The Morgan fingerprint density at radius 3 is 2.11 bits per heavy atom. The van der Waals surface area contributed by atoms with Gasteiger partial charge in [-0.2, -0.15) is 0 Å². The molecule has 2 amide bonds. The van der Waals surface area contributed by atoms with Gasteiger partial charge in [0.25, 0.3) is 5.91 Å². The molecule has 0 atom stereocenters. The highest BCUT2D eigenvalue weighted by atomic mass is 35.5. The van der Waals surface area contributed by atoms with Gasteiger partial charge in [0.15, 0.2) is 6.61 Å². The van der Waals surface area contributed by atoms with Crippen LogP contribution in [0.2, 0.25) is 10.0 Å². The number of unbranched alkanes of at least 4 members (excludes halogenated alkanes) is 8. The molecule has 0 heterocycles. The molecule has 35 heavy (non-hydrogen) atoms. The lowest BCUT2D eigenvalue weighted by molar-refractivity contribution is -0.119. The predicted octanol–water partition coefficient (Wildman–Crippen LogP) is 7.65. The first kappa shape index (κ1) is 28.7. The molecule has 0 aliphatic rings. The van der Waals surface area contributed by atoms with Crippen molar-refractivity contribution in [2.45, 2.75) is 71.1 Å². The summed E-state index contributed by atoms with van der Waals surface area (Å²) in [6.45, 7) is 1.70. The van der Waals surface area contributed by atoms with Crippen molar-refractivity contribution < 1.29 is 19.1 Å². The second-order valence-electron chi connectivity index (χ2n) is 8.42. The van der Waals surface area contributed by atoms with Crippen molar-refractivity contribution in [1.82, 2.24) is 0 Å². The number of anilines is 2. The number of hydrogen-bond donors (Lipinski definition) is 2. The van der Waals surface area contributed by atoms with Crippen molar-refractivity contribution in [3.8, 4) is 0 Å². The zero-order chi connectivity index (χ0) is 25.5. The van der Waals surface area contributed by atoms with Gasteiger partial charge in [-0.05, 0) is 36.8 Å². The van der Waals surface area contributed by atoms with Crippen LogP contribution in [0, 0.1) is 0 Å². The molecule has 190 valence electrons. The third-order valence-corrected chi connectivity index (χ3v) is 6.03. The predicted molar refractivity (Wildman–Crippen MR) is 142 cm³/mol. The highest BCUT2D eigenvalue weighted by molar-refractivity contribution is 6.35. The molecule has 2 aromatic carbocycles. The van der Waals surface area contributed by atoms with Crippen LogP contribution in [0.1, 0.15) is 81.5 Å². The molecule has 0 fully saturated rings. The van der Waals surface area contributed by atoms with E-state index in [-0.39, 0.29) is 11.5 Å². The summed E-state index contributed by atoms with van der Waals surface area (Å²) < 4.78 is 5.14. The van der Waals surface area contributed by atoms with Crippen molar-refractivity contribution in [1.29, 1.82) is 0 Å². The summed E-state index contributed by atoms with van der Waals surface area (Å²) in [4.78, 5) is 37.1. The average Bonchev–Trinajstić information content (AvgIpc) is 2.84. The average molecular weight is 521 g/mol. The zero-order valence-corrected chi connectivity index (χ0v) is 21.7. The number of esters is 1. The second kappa shape index (κ2) is 16.2. The molecule has 0 unspecified atom stereocenters. The maximum Gasteiger partial charge on any atom is 0.340 e. The smallest absolute Gasteiger partial charge is 0.340 e. The third kappa shape index (κ3) is 11.1. The van der Waals surface area contributed by atoms with Crippen LogP contribution in [0.3, 0.4) is 0 Å². The number of rotatable bonds is 15. The summed E-state index contributed by atoms with van der Waals surface area (Å²) in [5.74, 6) is -1.42. The van der Waals surface area contributed by atoms with Crippen LogP contribution in [0.5, 0.6) is 0 Å². The Morgan fingerprint density at radius 2 is 1.40 bits per heavy atom. The third-order valence-electron chi connectivity index (χ3n) is 5.47. The maximum atomic E-state index is 12.6. The van der Waals surface area contributed by atoms with Crippen molar-refractivity contribution in [3.05, 3.63) is 58.1 Å². The van der Waals surface area contributed by atoms with E-state index in [2.05, 4.69) is 17.6 Å². The topological polar surface area (TPSA) is 84.5 Å². The number of nitrogens with one attached hydrogen (secondary N) is 2. The fourth-order valence-corrected chi connectivity index (χ4v) is 3.90. The normalized spacial score (nSPS) is 10.6. The molecule has 0 saturated carbocycles. The van der Waals surface area contributed by atoms with Gasteiger partial charge in [-0.3, -0.25) is 9.59 Å². The maximum absolute atomic E-state index is 12.6. The van der Waals surface area contributed by atoms with Crippen LogP contribution in [0.15, 0.2) is 42.5 Å². The summed E-state index contributed by atoms with van der Waals surface area (Å²) in [5.41, 5.74) is 0.864. The Labute approximate surface area is 217 Å². The molecule has 0 radical (unpaired) electrons. The lowest BCUT2D eigenvalue weighted by atomic mass is 10.1. The van der Waals surface area contributed by atoms with Crippen molar-refractivity contribution in [2.75, 3.05) is 17.2 Å².